The molecule has 0 bridgehead atoms. The van der Waals surface area contributed by atoms with Gasteiger partial charge in [-0.3, -0.25) is 9.69 Å². The van der Waals surface area contributed by atoms with Gasteiger partial charge in [0.15, 0.2) is 0 Å². The molecule has 2 aromatic carbocycles. The van der Waals surface area contributed by atoms with Gasteiger partial charge in [0.2, 0.25) is 5.91 Å². The van der Waals surface area contributed by atoms with Gasteiger partial charge in [0.1, 0.15) is 5.54 Å². The number of benzene rings is 2. The lowest BCUT2D eigenvalue weighted by Crippen LogP contribution is -2.55. The van der Waals surface area contributed by atoms with E-state index >= 15 is 0 Å². The highest BCUT2D eigenvalue weighted by atomic mass is 79.9. The van der Waals surface area contributed by atoms with Crippen LogP contribution in [-0.4, -0.2) is 22.9 Å². The number of hydrogen-bond donors (Lipinski definition) is 1. The van der Waals surface area contributed by atoms with Gasteiger partial charge in [-0.25, -0.2) is 0 Å². The monoisotopic (exact) mass is 384 g/mol. The Morgan fingerprint density at radius 2 is 1.96 bits per heavy atom. The Morgan fingerprint density at radius 3 is 2.79 bits per heavy atom. The zero-order valence-corrected chi connectivity index (χ0v) is 15.2. The number of rotatable bonds is 2. The predicted octanol–water partition coefficient (Wildman–Crippen LogP) is 3.66. The Hall–Kier alpha value is -1.65. The molecule has 0 radical (unpaired) electrons. The van der Waals surface area contributed by atoms with Crippen LogP contribution in [0.15, 0.2) is 53.0 Å². The number of likely N-dealkylation sites (tertiary alicyclic amines) is 1. The molecule has 2 aliphatic heterocycles. The van der Waals surface area contributed by atoms with Crippen molar-refractivity contribution in [3.63, 3.8) is 0 Å². The lowest BCUT2D eigenvalue weighted by Gasteiger charge is -2.36. The number of fused-ring (bicyclic) bond motifs is 1. The molecule has 0 aliphatic carbocycles. The zero-order valence-electron chi connectivity index (χ0n) is 13.6. The summed E-state index contributed by atoms with van der Waals surface area (Å²) in [5.41, 5.74) is 3.39. The summed E-state index contributed by atoms with van der Waals surface area (Å²) < 4.78 is 1.09. The Morgan fingerprint density at radius 1 is 1.12 bits per heavy atom. The predicted molar refractivity (Wildman–Crippen MR) is 98.5 cm³/mol. The molecular weight excluding hydrogens is 364 g/mol. The average Bonchev–Trinajstić information content (AvgIpc) is 2.90. The van der Waals surface area contributed by atoms with Gasteiger partial charge < -0.3 is 5.32 Å². The molecule has 124 valence electrons. The van der Waals surface area contributed by atoms with Gasteiger partial charge in [-0.1, -0.05) is 52.3 Å². The van der Waals surface area contributed by atoms with Crippen molar-refractivity contribution in [2.75, 3.05) is 6.54 Å². The first kappa shape index (κ1) is 15.9. The van der Waals surface area contributed by atoms with Gasteiger partial charge in [0.05, 0.1) is 0 Å². The van der Waals surface area contributed by atoms with E-state index in [9.17, 15) is 4.79 Å². The molecule has 0 saturated carbocycles. The summed E-state index contributed by atoms with van der Waals surface area (Å²) in [4.78, 5) is 15.4. The van der Waals surface area contributed by atoms with E-state index in [1.807, 2.05) is 6.07 Å². The topological polar surface area (TPSA) is 32.3 Å². The summed E-state index contributed by atoms with van der Waals surface area (Å²) in [6, 6.07) is 16.8. The van der Waals surface area contributed by atoms with E-state index in [1.54, 1.807) is 0 Å². The minimum Gasteiger partial charge on any atom is -0.350 e. The third-order valence-corrected chi connectivity index (χ3v) is 5.84. The summed E-state index contributed by atoms with van der Waals surface area (Å²) >= 11 is 3.55. The molecular formula is C20H21BrN2O. The molecule has 2 aliphatic rings. The maximum Gasteiger partial charge on any atom is 0.241 e. The van der Waals surface area contributed by atoms with Crippen LogP contribution in [0, 0.1) is 0 Å². The lowest BCUT2D eigenvalue weighted by atomic mass is 9.86. The largest absolute Gasteiger partial charge is 0.350 e. The fraction of sp³-hybridized carbons (Fsp3) is 0.350. The first-order chi connectivity index (χ1) is 11.7. The molecule has 1 saturated heterocycles. The zero-order chi connectivity index (χ0) is 16.6. The summed E-state index contributed by atoms with van der Waals surface area (Å²) in [5, 5.41) is 3.17. The van der Waals surface area contributed by atoms with Crippen LogP contribution >= 0.6 is 15.9 Å². The SMILES string of the molecule is O=C1NCc2ccccc2CC12CCCN2Cc1cccc(Br)c1. The van der Waals surface area contributed by atoms with E-state index in [-0.39, 0.29) is 5.91 Å². The molecule has 24 heavy (non-hydrogen) atoms. The van der Waals surface area contributed by atoms with Gasteiger partial charge in [0.25, 0.3) is 0 Å². The normalized spacial score (nSPS) is 23.8. The van der Waals surface area contributed by atoms with Crippen molar-refractivity contribution >= 4 is 21.8 Å². The van der Waals surface area contributed by atoms with Crippen LogP contribution in [0.5, 0.6) is 0 Å². The Labute approximate surface area is 151 Å². The van der Waals surface area contributed by atoms with E-state index in [0.29, 0.717) is 6.54 Å². The van der Waals surface area contributed by atoms with E-state index in [0.717, 1.165) is 36.8 Å². The van der Waals surface area contributed by atoms with Crippen molar-refractivity contribution in [3.05, 3.63) is 69.7 Å². The van der Waals surface area contributed by atoms with Gasteiger partial charge in [0, 0.05) is 24.0 Å². The minimum absolute atomic E-state index is 0.186. The van der Waals surface area contributed by atoms with Gasteiger partial charge in [-0.05, 0) is 48.2 Å². The van der Waals surface area contributed by atoms with E-state index in [1.165, 1.54) is 16.7 Å². The first-order valence-corrected chi connectivity index (χ1v) is 9.31. The van der Waals surface area contributed by atoms with Crippen LogP contribution in [0.1, 0.15) is 29.5 Å². The smallest absolute Gasteiger partial charge is 0.241 e. The second-order valence-corrected chi connectivity index (χ2v) is 7.73. The van der Waals surface area contributed by atoms with Crippen LogP contribution < -0.4 is 5.32 Å². The summed E-state index contributed by atoms with van der Waals surface area (Å²) in [5.74, 6) is 0.186. The molecule has 2 aromatic rings. The van der Waals surface area contributed by atoms with Gasteiger partial charge in [-0.2, -0.15) is 0 Å². The third-order valence-electron chi connectivity index (χ3n) is 5.35. The molecule has 1 atom stereocenters. The van der Waals surface area contributed by atoms with Crippen molar-refractivity contribution in [2.45, 2.75) is 37.9 Å². The van der Waals surface area contributed by atoms with Crippen LogP contribution in [-0.2, 0) is 24.3 Å². The fourth-order valence-corrected chi connectivity index (χ4v) is 4.56. The number of nitrogens with one attached hydrogen (secondary N) is 1. The second-order valence-electron chi connectivity index (χ2n) is 6.81. The summed E-state index contributed by atoms with van der Waals surface area (Å²) in [6.45, 7) is 2.43. The van der Waals surface area contributed by atoms with Crippen molar-refractivity contribution < 1.29 is 4.79 Å². The maximum absolute atomic E-state index is 13.0. The average molecular weight is 385 g/mol. The summed E-state index contributed by atoms with van der Waals surface area (Å²) in [7, 11) is 0. The molecule has 2 heterocycles. The number of hydrogen-bond acceptors (Lipinski definition) is 2. The molecule has 4 rings (SSSR count). The van der Waals surface area contributed by atoms with Crippen molar-refractivity contribution in [1.82, 2.24) is 10.2 Å². The molecule has 0 aromatic heterocycles. The Kier molecular flexibility index (Phi) is 4.19. The van der Waals surface area contributed by atoms with Crippen molar-refractivity contribution in [3.8, 4) is 0 Å². The van der Waals surface area contributed by atoms with Gasteiger partial charge >= 0.3 is 0 Å². The van der Waals surface area contributed by atoms with Crippen LogP contribution in [0.4, 0.5) is 0 Å². The number of carbonyl (C=O) groups excluding carboxylic acids is 1. The van der Waals surface area contributed by atoms with Crippen LogP contribution in [0.2, 0.25) is 0 Å². The first-order valence-electron chi connectivity index (χ1n) is 8.52. The third kappa shape index (κ3) is 2.78. The molecule has 1 spiro atoms. The number of nitrogens with zero attached hydrogens (tertiary/aromatic N) is 1. The molecule has 1 unspecified atom stereocenters. The number of amides is 1. The summed E-state index contributed by atoms with van der Waals surface area (Å²) in [6.07, 6.45) is 2.81. The van der Waals surface area contributed by atoms with E-state index in [2.05, 4.69) is 68.6 Å². The highest BCUT2D eigenvalue weighted by Gasteiger charge is 2.48. The minimum atomic E-state index is -0.408. The molecule has 3 nitrogen and oxygen atoms in total. The maximum atomic E-state index is 13.0. The van der Waals surface area contributed by atoms with E-state index in [4.69, 9.17) is 0 Å². The quantitative estimate of drug-likeness (QED) is 0.856. The van der Waals surface area contributed by atoms with E-state index < -0.39 is 5.54 Å². The highest BCUT2D eigenvalue weighted by molar-refractivity contribution is 9.10. The Bertz CT molecular complexity index is 776. The van der Waals surface area contributed by atoms with Crippen molar-refractivity contribution in [1.29, 1.82) is 0 Å². The molecule has 1 fully saturated rings. The lowest BCUT2D eigenvalue weighted by molar-refractivity contribution is -0.132. The molecule has 1 amide bonds. The number of carbonyl (C=O) groups is 1. The fourth-order valence-electron chi connectivity index (χ4n) is 4.12. The number of halogens is 1. The van der Waals surface area contributed by atoms with Crippen LogP contribution in [0.25, 0.3) is 0 Å². The van der Waals surface area contributed by atoms with Crippen LogP contribution in [0.3, 0.4) is 0 Å². The second kappa shape index (κ2) is 6.34. The highest BCUT2D eigenvalue weighted by Crippen LogP contribution is 2.36. The van der Waals surface area contributed by atoms with Gasteiger partial charge in [-0.15, -0.1) is 0 Å². The molecule has 1 N–H and O–H groups in total. The molecule has 4 heteroatoms. The standard InChI is InChI=1S/C20H21BrN2O/c21-18-8-3-5-15(11-18)14-23-10-4-9-20(23)12-16-6-1-2-7-17(16)13-22-19(20)24/h1-3,5-8,11H,4,9-10,12-14H2,(H,22,24). The van der Waals surface area contributed by atoms with Crippen molar-refractivity contribution in [2.24, 2.45) is 0 Å². The Balaban J connectivity index is 1.67.